The summed E-state index contributed by atoms with van der Waals surface area (Å²) >= 11 is 0. The maximum atomic E-state index is 12.4. The van der Waals surface area contributed by atoms with E-state index < -0.39 is 16.0 Å². The van der Waals surface area contributed by atoms with E-state index in [2.05, 4.69) is 4.74 Å². The Balaban J connectivity index is 0.00000220. The third-order valence-corrected chi connectivity index (χ3v) is 5.20. The largest absolute Gasteiger partial charge is 0.465 e. The second kappa shape index (κ2) is 6.78. The first-order valence-corrected chi connectivity index (χ1v) is 7.73. The Morgan fingerprint density at radius 3 is 2.76 bits per heavy atom. The average Bonchev–Trinajstić information content (AvgIpc) is 3.04. The van der Waals surface area contributed by atoms with Gasteiger partial charge in [-0.1, -0.05) is 0 Å². The monoisotopic (exact) mass is 338 g/mol. The predicted octanol–water partition coefficient (Wildman–Crippen LogP) is 0.766. The minimum atomic E-state index is -3.72. The molecule has 21 heavy (non-hydrogen) atoms. The average molecular weight is 339 g/mol. The molecule has 0 aliphatic carbocycles. The van der Waals surface area contributed by atoms with Gasteiger partial charge in [0.15, 0.2) is 0 Å². The van der Waals surface area contributed by atoms with Crippen molar-refractivity contribution in [2.24, 2.45) is 11.7 Å². The normalized spacial score (nSPS) is 19.3. The first-order valence-electron chi connectivity index (χ1n) is 6.29. The van der Waals surface area contributed by atoms with Crippen LogP contribution in [0, 0.1) is 12.8 Å². The molecule has 120 valence electrons. The quantitative estimate of drug-likeness (QED) is 0.813. The van der Waals surface area contributed by atoms with E-state index in [1.54, 1.807) is 0 Å². The molecule has 1 aromatic rings. The van der Waals surface area contributed by atoms with Crippen molar-refractivity contribution in [1.82, 2.24) is 4.31 Å². The van der Waals surface area contributed by atoms with Crippen molar-refractivity contribution in [2.75, 3.05) is 26.7 Å². The van der Waals surface area contributed by atoms with Gasteiger partial charge in [0, 0.05) is 19.2 Å². The molecular weight excluding hydrogens is 320 g/mol. The van der Waals surface area contributed by atoms with Gasteiger partial charge in [0.25, 0.3) is 10.0 Å². The van der Waals surface area contributed by atoms with E-state index in [-0.39, 0.29) is 34.7 Å². The topological polar surface area (TPSA) is 103 Å². The van der Waals surface area contributed by atoms with E-state index in [1.807, 2.05) is 0 Å². The van der Waals surface area contributed by atoms with E-state index >= 15 is 0 Å². The van der Waals surface area contributed by atoms with E-state index in [4.69, 9.17) is 10.2 Å². The maximum absolute atomic E-state index is 12.4. The van der Waals surface area contributed by atoms with E-state index in [9.17, 15) is 13.2 Å². The molecule has 1 aliphatic heterocycles. The highest BCUT2D eigenvalue weighted by Crippen LogP contribution is 2.27. The molecule has 1 atom stereocenters. The molecule has 1 saturated heterocycles. The van der Waals surface area contributed by atoms with Gasteiger partial charge in [0.1, 0.15) is 11.3 Å². The lowest BCUT2D eigenvalue weighted by Gasteiger charge is -2.13. The summed E-state index contributed by atoms with van der Waals surface area (Å²) in [6.07, 6.45) is 0.735. The Morgan fingerprint density at radius 1 is 1.57 bits per heavy atom. The van der Waals surface area contributed by atoms with Gasteiger partial charge in [-0.3, -0.25) is 0 Å². The van der Waals surface area contributed by atoms with Crippen LogP contribution in [0.1, 0.15) is 22.5 Å². The van der Waals surface area contributed by atoms with Gasteiger partial charge in [0.05, 0.1) is 7.11 Å². The van der Waals surface area contributed by atoms with Crippen molar-refractivity contribution < 1.29 is 22.4 Å². The van der Waals surface area contributed by atoms with E-state index in [0.29, 0.717) is 19.6 Å². The third kappa shape index (κ3) is 3.39. The van der Waals surface area contributed by atoms with Gasteiger partial charge in [-0.05, 0) is 25.8 Å². The molecule has 1 aromatic heterocycles. The lowest BCUT2D eigenvalue weighted by atomic mass is 10.1. The lowest BCUT2D eigenvalue weighted by Crippen LogP contribution is -2.29. The zero-order chi connectivity index (χ0) is 14.9. The Bertz CT molecular complexity index is 613. The highest BCUT2D eigenvalue weighted by molar-refractivity contribution is 7.89. The van der Waals surface area contributed by atoms with Crippen LogP contribution in [0.2, 0.25) is 0 Å². The molecule has 9 heteroatoms. The number of hydrogen-bond acceptors (Lipinski definition) is 6. The fourth-order valence-electron chi connectivity index (χ4n) is 2.23. The molecule has 1 fully saturated rings. The van der Waals surface area contributed by atoms with Gasteiger partial charge in [-0.25, -0.2) is 13.2 Å². The number of methoxy groups -OCH3 is 1. The Kier molecular flexibility index (Phi) is 5.80. The number of carbonyl (C=O) groups excluding carboxylic acids is 1. The number of rotatable bonds is 4. The summed E-state index contributed by atoms with van der Waals surface area (Å²) in [7, 11) is -2.49. The molecule has 0 saturated carbocycles. The molecule has 2 rings (SSSR count). The number of aryl methyl sites for hydroxylation is 1. The fourth-order valence-corrected chi connectivity index (χ4v) is 3.73. The van der Waals surface area contributed by atoms with Crippen LogP contribution in [-0.2, 0) is 14.8 Å². The summed E-state index contributed by atoms with van der Waals surface area (Å²) in [6.45, 7) is 2.78. The maximum Gasteiger partial charge on any atom is 0.341 e. The number of furan rings is 1. The zero-order valence-corrected chi connectivity index (χ0v) is 13.5. The van der Waals surface area contributed by atoms with Crippen LogP contribution < -0.4 is 5.73 Å². The molecule has 0 aromatic carbocycles. The SMILES string of the molecule is COC(=O)c1cc(S(=O)(=O)N2CCC(CN)C2)oc1C.Cl. The number of carbonyl (C=O) groups is 1. The van der Waals surface area contributed by atoms with Crippen molar-refractivity contribution >= 4 is 28.4 Å². The number of esters is 1. The van der Waals surface area contributed by atoms with Crippen LogP contribution in [0.5, 0.6) is 0 Å². The number of sulfonamides is 1. The second-order valence-corrected chi connectivity index (χ2v) is 6.65. The summed E-state index contributed by atoms with van der Waals surface area (Å²) in [5.41, 5.74) is 5.68. The van der Waals surface area contributed by atoms with Crippen LogP contribution >= 0.6 is 12.4 Å². The summed E-state index contributed by atoms with van der Waals surface area (Å²) < 4.78 is 36.0. The van der Waals surface area contributed by atoms with Crippen LogP contribution in [0.3, 0.4) is 0 Å². The number of halogens is 1. The van der Waals surface area contributed by atoms with Gasteiger partial charge in [0.2, 0.25) is 5.09 Å². The summed E-state index contributed by atoms with van der Waals surface area (Å²) in [5.74, 6) is -0.222. The molecule has 0 radical (unpaired) electrons. The number of ether oxygens (including phenoxy) is 1. The van der Waals surface area contributed by atoms with Crippen molar-refractivity contribution in [3.8, 4) is 0 Å². The van der Waals surface area contributed by atoms with Crippen molar-refractivity contribution in [3.05, 3.63) is 17.4 Å². The lowest BCUT2D eigenvalue weighted by molar-refractivity contribution is 0.0599. The van der Waals surface area contributed by atoms with Crippen LogP contribution in [0.4, 0.5) is 0 Å². The Morgan fingerprint density at radius 2 is 2.24 bits per heavy atom. The van der Waals surface area contributed by atoms with Crippen LogP contribution in [0.15, 0.2) is 15.6 Å². The van der Waals surface area contributed by atoms with Crippen LogP contribution in [-0.4, -0.2) is 45.4 Å². The van der Waals surface area contributed by atoms with Gasteiger partial charge in [-0.2, -0.15) is 4.31 Å². The predicted molar refractivity (Wildman–Crippen MR) is 78.0 cm³/mol. The minimum Gasteiger partial charge on any atom is -0.465 e. The molecule has 1 aliphatic rings. The van der Waals surface area contributed by atoms with Crippen LogP contribution in [0.25, 0.3) is 0 Å². The highest BCUT2D eigenvalue weighted by Gasteiger charge is 2.35. The Labute approximate surface area is 129 Å². The Hall–Kier alpha value is -1.09. The number of nitrogens with zero attached hydrogens (tertiary/aromatic N) is 1. The number of nitrogens with two attached hydrogens (primary N) is 1. The van der Waals surface area contributed by atoms with Crippen molar-refractivity contribution in [2.45, 2.75) is 18.4 Å². The molecule has 1 unspecified atom stereocenters. The third-order valence-electron chi connectivity index (χ3n) is 3.48. The molecule has 2 N–H and O–H groups in total. The molecule has 0 bridgehead atoms. The van der Waals surface area contributed by atoms with Gasteiger partial charge >= 0.3 is 5.97 Å². The minimum absolute atomic E-state index is 0. The highest BCUT2D eigenvalue weighted by atomic mass is 35.5. The van der Waals surface area contributed by atoms with E-state index in [0.717, 1.165) is 6.42 Å². The van der Waals surface area contributed by atoms with Crippen molar-refractivity contribution in [1.29, 1.82) is 0 Å². The number of hydrogen-bond donors (Lipinski definition) is 1. The smallest absolute Gasteiger partial charge is 0.341 e. The van der Waals surface area contributed by atoms with E-state index in [1.165, 1.54) is 24.4 Å². The fraction of sp³-hybridized carbons (Fsp3) is 0.583. The van der Waals surface area contributed by atoms with Gasteiger partial charge in [-0.15, -0.1) is 12.4 Å². The van der Waals surface area contributed by atoms with Gasteiger partial charge < -0.3 is 14.9 Å². The molecule has 0 spiro atoms. The molecule has 0 amide bonds. The first kappa shape index (κ1) is 18.0. The van der Waals surface area contributed by atoms with Crippen molar-refractivity contribution in [3.63, 3.8) is 0 Å². The second-order valence-electron chi connectivity index (χ2n) is 4.78. The molecule has 7 nitrogen and oxygen atoms in total. The standard InChI is InChI=1S/C12H18N2O5S.ClH/c1-8-10(12(15)18-2)5-11(19-8)20(16,17)14-4-3-9(6-13)7-14;/h5,9H,3-4,6-7,13H2,1-2H3;1H. The zero-order valence-electron chi connectivity index (χ0n) is 11.9. The first-order chi connectivity index (χ1) is 9.40. The summed E-state index contributed by atoms with van der Waals surface area (Å²) in [4.78, 5) is 11.5. The molecular formula is C12H19ClN2O5S. The summed E-state index contributed by atoms with van der Waals surface area (Å²) in [6, 6.07) is 1.21. The molecule has 2 heterocycles. The summed E-state index contributed by atoms with van der Waals surface area (Å²) in [5, 5.41) is -0.229.